The SMILES string of the molecule is Cn1ccnc1CN1CCN(c2ccncc2C(N)=O)CC1. The Labute approximate surface area is 129 Å². The molecule has 1 aliphatic rings. The molecule has 2 aromatic heterocycles. The number of imidazole rings is 1. The fraction of sp³-hybridized carbons (Fsp3) is 0.400. The third-order valence-electron chi connectivity index (χ3n) is 4.06. The maximum atomic E-state index is 11.5. The van der Waals surface area contributed by atoms with Crippen LogP contribution in [0.25, 0.3) is 0 Å². The molecule has 0 atom stereocenters. The molecule has 0 aromatic carbocycles. The van der Waals surface area contributed by atoms with Gasteiger partial charge >= 0.3 is 0 Å². The zero-order chi connectivity index (χ0) is 15.5. The van der Waals surface area contributed by atoms with Gasteiger partial charge in [0.2, 0.25) is 0 Å². The molecule has 7 nitrogen and oxygen atoms in total. The lowest BCUT2D eigenvalue weighted by Crippen LogP contribution is -2.46. The average molecular weight is 300 g/mol. The van der Waals surface area contributed by atoms with Crippen molar-refractivity contribution in [1.29, 1.82) is 0 Å². The number of anilines is 1. The molecule has 0 unspecified atom stereocenters. The van der Waals surface area contributed by atoms with Gasteiger partial charge in [-0.15, -0.1) is 0 Å². The molecule has 22 heavy (non-hydrogen) atoms. The van der Waals surface area contributed by atoms with Crippen molar-refractivity contribution in [3.05, 3.63) is 42.2 Å². The number of primary amides is 1. The van der Waals surface area contributed by atoms with Crippen LogP contribution in [0.5, 0.6) is 0 Å². The normalized spacial score (nSPS) is 16.0. The predicted octanol–water partition coefficient (Wildman–Crippen LogP) is 0.236. The molecule has 3 rings (SSSR count). The Morgan fingerprint density at radius 2 is 2.05 bits per heavy atom. The first-order valence-electron chi connectivity index (χ1n) is 7.32. The minimum atomic E-state index is -0.432. The average Bonchev–Trinajstić information content (AvgIpc) is 2.93. The second kappa shape index (κ2) is 6.15. The monoisotopic (exact) mass is 300 g/mol. The van der Waals surface area contributed by atoms with Gasteiger partial charge in [0.05, 0.1) is 17.8 Å². The molecular formula is C15H20N6O. The van der Waals surface area contributed by atoms with Crippen LogP contribution in [-0.2, 0) is 13.6 Å². The Balaban J connectivity index is 1.65. The summed E-state index contributed by atoms with van der Waals surface area (Å²) in [7, 11) is 2.01. The molecule has 1 saturated heterocycles. The van der Waals surface area contributed by atoms with Crippen LogP contribution in [-0.4, -0.2) is 51.5 Å². The zero-order valence-corrected chi connectivity index (χ0v) is 12.6. The first kappa shape index (κ1) is 14.5. The molecular weight excluding hydrogens is 280 g/mol. The lowest BCUT2D eigenvalue weighted by atomic mass is 10.2. The van der Waals surface area contributed by atoms with E-state index in [-0.39, 0.29) is 0 Å². The molecule has 2 N–H and O–H groups in total. The van der Waals surface area contributed by atoms with E-state index in [1.807, 2.05) is 30.1 Å². The lowest BCUT2D eigenvalue weighted by Gasteiger charge is -2.36. The molecule has 1 aliphatic heterocycles. The molecule has 0 bridgehead atoms. The second-order valence-corrected chi connectivity index (χ2v) is 5.47. The molecule has 0 spiro atoms. The van der Waals surface area contributed by atoms with E-state index in [1.165, 1.54) is 6.20 Å². The van der Waals surface area contributed by atoms with Gasteiger partial charge in [0, 0.05) is 58.0 Å². The Morgan fingerprint density at radius 3 is 2.68 bits per heavy atom. The van der Waals surface area contributed by atoms with Gasteiger partial charge in [0.25, 0.3) is 5.91 Å². The highest BCUT2D eigenvalue weighted by atomic mass is 16.1. The number of aromatic nitrogens is 3. The summed E-state index contributed by atoms with van der Waals surface area (Å²) in [6.07, 6.45) is 7.02. The van der Waals surface area contributed by atoms with Crippen LogP contribution in [0, 0.1) is 0 Å². The second-order valence-electron chi connectivity index (χ2n) is 5.47. The fourth-order valence-corrected chi connectivity index (χ4v) is 2.75. The third-order valence-corrected chi connectivity index (χ3v) is 4.06. The number of nitrogens with zero attached hydrogens (tertiary/aromatic N) is 5. The van der Waals surface area contributed by atoms with E-state index in [9.17, 15) is 4.79 Å². The molecule has 0 saturated carbocycles. The summed E-state index contributed by atoms with van der Waals surface area (Å²) >= 11 is 0. The highest BCUT2D eigenvalue weighted by Gasteiger charge is 2.21. The van der Waals surface area contributed by atoms with E-state index in [0.717, 1.165) is 44.2 Å². The smallest absolute Gasteiger partial charge is 0.252 e. The summed E-state index contributed by atoms with van der Waals surface area (Å²) in [4.78, 5) is 24.4. The number of amides is 1. The number of nitrogens with two attached hydrogens (primary N) is 1. The van der Waals surface area contributed by atoms with E-state index in [2.05, 4.69) is 19.8 Å². The van der Waals surface area contributed by atoms with Crippen molar-refractivity contribution in [2.45, 2.75) is 6.54 Å². The van der Waals surface area contributed by atoms with Crippen LogP contribution >= 0.6 is 0 Å². The lowest BCUT2D eigenvalue weighted by molar-refractivity contribution is 0.1000. The summed E-state index contributed by atoms with van der Waals surface area (Å²) in [5, 5.41) is 0. The van der Waals surface area contributed by atoms with Crippen LogP contribution in [0.2, 0.25) is 0 Å². The molecule has 0 aliphatic carbocycles. The third kappa shape index (κ3) is 2.94. The van der Waals surface area contributed by atoms with Crippen LogP contribution in [0.1, 0.15) is 16.2 Å². The summed E-state index contributed by atoms with van der Waals surface area (Å²) in [5.41, 5.74) is 6.79. The van der Waals surface area contributed by atoms with Crippen molar-refractivity contribution in [3.8, 4) is 0 Å². The first-order chi connectivity index (χ1) is 10.6. The Kier molecular flexibility index (Phi) is 4.06. The number of hydrogen-bond donors (Lipinski definition) is 1. The Morgan fingerprint density at radius 1 is 1.27 bits per heavy atom. The van der Waals surface area contributed by atoms with Crippen molar-refractivity contribution < 1.29 is 4.79 Å². The minimum absolute atomic E-state index is 0.432. The number of rotatable bonds is 4. The van der Waals surface area contributed by atoms with Gasteiger partial charge < -0.3 is 15.2 Å². The Bertz CT molecular complexity index is 660. The summed E-state index contributed by atoms with van der Waals surface area (Å²) < 4.78 is 2.04. The van der Waals surface area contributed by atoms with Gasteiger partial charge in [-0.25, -0.2) is 4.98 Å². The van der Waals surface area contributed by atoms with E-state index < -0.39 is 5.91 Å². The number of carbonyl (C=O) groups excluding carboxylic acids is 1. The zero-order valence-electron chi connectivity index (χ0n) is 12.6. The van der Waals surface area contributed by atoms with Crippen molar-refractivity contribution >= 4 is 11.6 Å². The Hall–Kier alpha value is -2.41. The van der Waals surface area contributed by atoms with Crippen LogP contribution < -0.4 is 10.6 Å². The summed E-state index contributed by atoms with van der Waals surface area (Å²) in [6, 6.07) is 1.86. The van der Waals surface area contributed by atoms with Crippen molar-refractivity contribution in [1.82, 2.24) is 19.4 Å². The molecule has 0 radical (unpaired) electrons. The molecule has 3 heterocycles. The predicted molar refractivity (Wildman–Crippen MR) is 83.5 cm³/mol. The van der Waals surface area contributed by atoms with Gasteiger partial charge in [-0.1, -0.05) is 0 Å². The minimum Gasteiger partial charge on any atom is -0.368 e. The molecule has 116 valence electrons. The van der Waals surface area contributed by atoms with Gasteiger partial charge in [0.15, 0.2) is 0 Å². The van der Waals surface area contributed by atoms with Crippen LogP contribution in [0.4, 0.5) is 5.69 Å². The largest absolute Gasteiger partial charge is 0.368 e. The standard InChI is InChI=1S/C15H20N6O/c1-19-5-4-18-14(19)11-20-6-8-21(9-7-20)13-2-3-17-10-12(13)15(16)22/h2-5,10H,6-9,11H2,1H3,(H2,16,22). The van der Waals surface area contributed by atoms with Gasteiger partial charge in [-0.2, -0.15) is 0 Å². The van der Waals surface area contributed by atoms with E-state index >= 15 is 0 Å². The molecule has 1 amide bonds. The fourth-order valence-electron chi connectivity index (χ4n) is 2.75. The van der Waals surface area contributed by atoms with Crippen LogP contribution in [0.15, 0.2) is 30.9 Å². The van der Waals surface area contributed by atoms with E-state index in [1.54, 1.807) is 6.20 Å². The van der Waals surface area contributed by atoms with Crippen molar-refractivity contribution in [2.24, 2.45) is 12.8 Å². The van der Waals surface area contributed by atoms with Crippen molar-refractivity contribution in [2.75, 3.05) is 31.1 Å². The maximum Gasteiger partial charge on any atom is 0.252 e. The maximum absolute atomic E-state index is 11.5. The van der Waals surface area contributed by atoms with Gasteiger partial charge in [-0.05, 0) is 6.07 Å². The summed E-state index contributed by atoms with van der Waals surface area (Å²) in [6.45, 7) is 4.40. The highest BCUT2D eigenvalue weighted by molar-refractivity contribution is 5.98. The summed E-state index contributed by atoms with van der Waals surface area (Å²) in [5.74, 6) is 0.633. The molecule has 2 aromatic rings. The topological polar surface area (TPSA) is 80.3 Å². The quantitative estimate of drug-likeness (QED) is 0.874. The number of aryl methyl sites for hydroxylation is 1. The number of piperazine rings is 1. The highest BCUT2D eigenvalue weighted by Crippen LogP contribution is 2.20. The molecule has 7 heteroatoms. The molecule has 1 fully saturated rings. The first-order valence-corrected chi connectivity index (χ1v) is 7.32. The van der Waals surface area contributed by atoms with E-state index in [0.29, 0.717) is 5.56 Å². The number of pyridine rings is 1. The number of hydrogen-bond acceptors (Lipinski definition) is 5. The van der Waals surface area contributed by atoms with Gasteiger partial charge in [0.1, 0.15) is 5.82 Å². The number of carbonyl (C=O) groups is 1. The van der Waals surface area contributed by atoms with E-state index in [4.69, 9.17) is 5.73 Å². The van der Waals surface area contributed by atoms with Gasteiger partial charge in [-0.3, -0.25) is 14.7 Å². The van der Waals surface area contributed by atoms with Crippen LogP contribution in [0.3, 0.4) is 0 Å². The van der Waals surface area contributed by atoms with Crippen molar-refractivity contribution in [3.63, 3.8) is 0 Å².